The number of esters is 2. The Kier molecular flexibility index (Phi) is 6.71. The zero-order valence-electron chi connectivity index (χ0n) is 15.3. The van der Waals surface area contributed by atoms with E-state index < -0.39 is 11.9 Å². The number of carbonyl (C=O) groups excluding carboxylic acids is 3. The van der Waals surface area contributed by atoms with Gasteiger partial charge in [-0.2, -0.15) is 0 Å². The van der Waals surface area contributed by atoms with Gasteiger partial charge in [0.05, 0.1) is 20.3 Å². The smallest absolute Gasteiger partial charge is 0.354 e. The maximum atomic E-state index is 12.5. The van der Waals surface area contributed by atoms with Crippen molar-refractivity contribution >= 4 is 29.2 Å². The molecule has 0 radical (unpaired) electrons. The molecule has 0 aromatic heterocycles. The Hall–Kier alpha value is -3.61. The first kappa shape index (κ1) is 19.7. The summed E-state index contributed by atoms with van der Waals surface area (Å²) in [6.45, 7) is 0. The number of hydrogen-bond acceptors (Lipinski definition) is 6. The molecule has 2 aromatic carbocycles. The number of amides is 1. The number of rotatable bonds is 6. The lowest BCUT2D eigenvalue weighted by molar-refractivity contribution is -0.138. The summed E-state index contributed by atoms with van der Waals surface area (Å²) in [6, 6.07) is 15.7. The fourth-order valence-electron chi connectivity index (χ4n) is 2.25. The summed E-state index contributed by atoms with van der Waals surface area (Å²) in [5, 5.41) is 2.80. The molecule has 0 aliphatic rings. The lowest BCUT2D eigenvalue weighted by atomic mass is 10.2. The molecule has 0 atom stereocenters. The SMILES string of the molecule is COC(=O)/C=C(/Nc1ccc(N(C)C(=O)c2ccccc2)cc1)C(=O)OC. The van der Waals surface area contributed by atoms with E-state index in [1.807, 2.05) is 6.07 Å². The van der Waals surface area contributed by atoms with E-state index in [-0.39, 0.29) is 11.6 Å². The van der Waals surface area contributed by atoms with Crippen molar-refractivity contribution in [3.8, 4) is 0 Å². The van der Waals surface area contributed by atoms with Crippen molar-refractivity contribution in [2.45, 2.75) is 0 Å². The van der Waals surface area contributed by atoms with E-state index >= 15 is 0 Å². The molecule has 140 valence electrons. The lowest BCUT2D eigenvalue weighted by Gasteiger charge is -2.18. The van der Waals surface area contributed by atoms with Gasteiger partial charge >= 0.3 is 11.9 Å². The van der Waals surface area contributed by atoms with E-state index in [4.69, 9.17) is 0 Å². The minimum absolute atomic E-state index is 0.0641. The van der Waals surface area contributed by atoms with E-state index in [0.29, 0.717) is 16.9 Å². The normalized spacial score (nSPS) is 10.7. The molecular weight excluding hydrogens is 348 g/mol. The minimum atomic E-state index is -0.708. The number of nitrogens with one attached hydrogen (secondary N) is 1. The second kappa shape index (κ2) is 9.19. The van der Waals surface area contributed by atoms with Crippen LogP contribution >= 0.6 is 0 Å². The Morgan fingerprint density at radius 3 is 2.11 bits per heavy atom. The highest BCUT2D eigenvalue weighted by atomic mass is 16.5. The van der Waals surface area contributed by atoms with Crippen molar-refractivity contribution in [2.75, 3.05) is 31.5 Å². The third kappa shape index (κ3) is 5.18. The molecule has 0 bridgehead atoms. The molecular formula is C20H20N2O5. The first-order valence-electron chi connectivity index (χ1n) is 8.04. The Morgan fingerprint density at radius 1 is 0.926 bits per heavy atom. The fraction of sp³-hybridized carbons (Fsp3) is 0.150. The van der Waals surface area contributed by atoms with Gasteiger partial charge in [0, 0.05) is 24.0 Å². The van der Waals surface area contributed by atoms with Crippen LogP contribution in [0.15, 0.2) is 66.4 Å². The first-order chi connectivity index (χ1) is 13.0. The van der Waals surface area contributed by atoms with Crippen molar-refractivity contribution in [3.05, 3.63) is 71.9 Å². The van der Waals surface area contributed by atoms with Crippen LogP contribution in [-0.2, 0) is 19.1 Å². The second-order valence-electron chi connectivity index (χ2n) is 5.47. The standard InChI is InChI=1S/C20H20N2O5/c1-22(19(24)14-7-5-4-6-8-14)16-11-9-15(10-12-16)21-17(20(25)27-3)13-18(23)26-2/h4-13,21H,1-3H3/b17-13+. The van der Waals surface area contributed by atoms with E-state index in [9.17, 15) is 14.4 Å². The molecule has 0 heterocycles. The van der Waals surface area contributed by atoms with Gasteiger partial charge < -0.3 is 19.7 Å². The van der Waals surface area contributed by atoms with Gasteiger partial charge in [-0.15, -0.1) is 0 Å². The third-order valence-corrected chi connectivity index (χ3v) is 3.73. The van der Waals surface area contributed by atoms with Crippen molar-refractivity contribution in [2.24, 2.45) is 0 Å². The summed E-state index contributed by atoms with van der Waals surface area (Å²) in [4.78, 5) is 37.2. The number of methoxy groups -OCH3 is 2. The van der Waals surface area contributed by atoms with E-state index in [1.54, 1.807) is 55.6 Å². The number of anilines is 2. The summed E-state index contributed by atoms with van der Waals surface area (Å²) < 4.78 is 9.17. The molecule has 0 saturated heterocycles. The number of ether oxygens (including phenoxy) is 2. The van der Waals surface area contributed by atoms with Crippen LogP contribution in [0.4, 0.5) is 11.4 Å². The monoisotopic (exact) mass is 368 g/mol. The predicted molar refractivity (Wildman–Crippen MR) is 101 cm³/mol. The molecule has 0 saturated carbocycles. The van der Waals surface area contributed by atoms with Gasteiger partial charge in [0.15, 0.2) is 0 Å². The summed E-state index contributed by atoms with van der Waals surface area (Å²) in [7, 11) is 4.10. The molecule has 0 fully saturated rings. The summed E-state index contributed by atoms with van der Waals surface area (Å²) in [5.74, 6) is -1.54. The van der Waals surface area contributed by atoms with Crippen molar-refractivity contribution in [1.82, 2.24) is 0 Å². The van der Waals surface area contributed by atoms with Crippen LogP contribution < -0.4 is 10.2 Å². The molecule has 0 unspecified atom stereocenters. The van der Waals surface area contributed by atoms with Crippen LogP contribution in [0.5, 0.6) is 0 Å². The fourth-order valence-corrected chi connectivity index (χ4v) is 2.25. The Labute approximate surface area is 157 Å². The van der Waals surface area contributed by atoms with Crippen molar-refractivity contribution in [3.63, 3.8) is 0 Å². The van der Waals surface area contributed by atoms with Gasteiger partial charge in [-0.25, -0.2) is 9.59 Å². The molecule has 2 aromatic rings. The predicted octanol–water partition coefficient (Wildman–Crippen LogP) is 2.61. The van der Waals surface area contributed by atoms with Gasteiger partial charge in [0.2, 0.25) is 0 Å². The minimum Gasteiger partial charge on any atom is -0.466 e. The zero-order valence-corrected chi connectivity index (χ0v) is 15.3. The van der Waals surface area contributed by atoms with Crippen LogP contribution in [-0.4, -0.2) is 39.1 Å². The van der Waals surface area contributed by atoms with Crippen molar-refractivity contribution in [1.29, 1.82) is 0 Å². The Balaban J connectivity index is 2.16. The highest BCUT2D eigenvalue weighted by molar-refractivity contribution is 6.05. The molecule has 7 heteroatoms. The average Bonchev–Trinajstić information content (AvgIpc) is 2.72. The maximum absolute atomic E-state index is 12.5. The lowest BCUT2D eigenvalue weighted by Crippen LogP contribution is -2.26. The quantitative estimate of drug-likeness (QED) is 0.623. The number of hydrogen-bond donors (Lipinski definition) is 1. The van der Waals surface area contributed by atoms with Crippen LogP contribution in [0.3, 0.4) is 0 Å². The van der Waals surface area contributed by atoms with Crippen molar-refractivity contribution < 1.29 is 23.9 Å². The third-order valence-electron chi connectivity index (χ3n) is 3.73. The molecule has 0 aliphatic carbocycles. The highest BCUT2D eigenvalue weighted by Crippen LogP contribution is 2.20. The van der Waals surface area contributed by atoms with Crippen LogP contribution in [0, 0.1) is 0 Å². The summed E-state index contributed by atoms with van der Waals surface area (Å²) in [6.07, 6.45) is 1.00. The largest absolute Gasteiger partial charge is 0.466 e. The molecule has 27 heavy (non-hydrogen) atoms. The molecule has 0 spiro atoms. The Bertz CT molecular complexity index is 844. The summed E-state index contributed by atoms with van der Waals surface area (Å²) >= 11 is 0. The Morgan fingerprint density at radius 2 is 1.56 bits per heavy atom. The van der Waals surface area contributed by atoms with Gasteiger partial charge in [-0.05, 0) is 36.4 Å². The molecule has 1 N–H and O–H groups in total. The van der Waals surface area contributed by atoms with Gasteiger partial charge in [-0.1, -0.05) is 18.2 Å². The number of benzene rings is 2. The first-order valence-corrected chi connectivity index (χ1v) is 8.04. The van der Waals surface area contributed by atoms with Crippen LogP contribution in [0.25, 0.3) is 0 Å². The number of nitrogens with zero attached hydrogens (tertiary/aromatic N) is 1. The summed E-state index contributed by atoms with van der Waals surface area (Å²) in [5.41, 5.74) is 1.73. The topological polar surface area (TPSA) is 84.9 Å². The average molecular weight is 368 g/mol. The van der Waals surface area contributed by atoms with Crippen LogP contribution in [0.2, 0.25) is 0 Å². The van der Waals surface area contributed by atoms with Gasteiger partial charge in [0.25, 0.3) is 5.91 Å². The van der Waals surface area contributed by atoms with E-state index in [2.05, 4.69) is 14.8 Å². The van der Waals surface area contributed by atoms with E-state index in [1.165, 1.54) is 19.1 Å². The zero-order chi connectivity index (χ0) is 19.8. The molecule has 0 aliphatic heterocycles. The molecule has 7 nitrogen and oxygen atoms in total. The highest BCUT2D eigenvalue weighted by Gasteiger charge is 2.15. The van der Waals surface area contributed by atoms with E-state index in [0.717, 1.165) is 6.08 Å². The van der Waals surface area contributed by atoms with Gasteiger partial charge in [-0.3, -0.25) is 4.79 Å². The molecule has 2 rings (SSSR count). The number of carbonyl (C=O) groups is 3. The van der Waals surface area contributed by atoms with Gasteiger partial charge in [0.1, 0.15) is 5.70 Å². The second-order valence-corrected chi connectivity index (χ2v) is 5.47. The van der Waals surface area contributed by atoms with Crippen LogP contribution in [0.1, 0.15) is 10.4 Å². The molecule has 1 amide bonds. The maximum Gasteiger partial charge on any atom is 0.354 e.